The summed E-state index contributed by atoms with van der Waals surface area (Å²) in [5.41, 5.74) is 0.241. The van der Waals surface area contributed by atoms with E-state index in [2.05, 4.69) is 20.5 Å². The maximum absolute atomic E-state index is 12.6. The third-order valence-corrected chi connectivity index (χ3v) is 4.49. The molecule has 156 valence electrons. The average molecular weight is 401 g/mol. The number of H-pyrrole nitrogens is 1. The van der Waals surface area contributed by atoms with Crippen LogP contribution in [0, 0.1) is 0 Å². The number of aromatic amines is 1. The van der Waals surface area contributed by atoms with Gasteiger partial charge in [-0.05, 0) is 57.9 Å². The summed E-state index contributed by atoms with van der Waals surface area (Å²) in [4.78, 5) is 30.9. The first-order valence-corrected chi connectivity index (χ1v) is 9.60. The minimum Gasteiger partial charge on any atom is -0.497 e. The van der Waals surface area contributed by atoms with Crippen molar-refractivity contribution >= 4 is 12.0 Å². The molecule has 2 aromatic rings. The van der Waals surface area contributed by atoms with Gasteiger partial charge in [0, 0.05) is 12.1 Å². The molecule has 1 aromatic carbocycles. The van der Waals surface area contributed by atoms with Crippen LogP contribution in [0.15, 0.2) is 24.3 Å². The molecule has 1 atom stereocenters. The molecule has 1 saturated heterocycles. The number of carbonyl (C=O) groups excluding carboxylic acids is 2. The Labute approximate surface area is 169 Å². The number of benzene rings is 1. The Balaban J connectivity index is 1.57. The molecule has 0 spiro atoms. The lowest BCUT2D eigenvalue weighted by Crippen LogP contribution is -2.47. The number of carbonyl (C=O) groups is 2. The molecule has 0 radical (unpaired) electrons. The third-order valence-electron chi connectivity index (χ3n) is 4.49. The van der Waals surface area contributed by atoms with E-state index in [4.69, 9.17) is 9.47 Å². The monoisotopic (exact) mass is 401 g/mol. The Hall–Kier alpha value is -3.10. The largest absolute Gasteiger partial charge is 0.497 e. The van der Waals surface area contributed by atoms with Crippen LogP contribution in [-0.4, -0.2) is 57.4 Å². The molecule has 2 heterocycles. The van der Waals surface area contributed by atoms with E-state index in [1.54, 1.807) is 27.9 Å². The molecule has 1 aromatic heterocycles. The molecule has 9 nitrogen and oxygen atoms in total. The molecular weight excluding hydrogens is 374 g/mol. The minimum atomic E-state index is -0.599. The number of nitrogens with zero attached hydrogens (tertiary/aromatic N) is 3. The first kappa shape index (κ1) is 20.6. The molecule has 2 N–H and O–H groups in total. The summed E-state index contributed by atoms with van der Waals surface area (Å²) in [7, 11) is 1.61. The number of methoxy groups -OCH3 is 1. The van der Waals surface area contributed by atoms with Gasteiger partial charge in [0.2, 0.25) is 5.91 Å². The van der Waals surface area contributed by atoms with Gasteiger partial charge < -0.3 is 14.8 Å². The van der Waals surface area contributed by atoms with Gasteiger partial charge in [0.15, 0.2) is 5.82 Å². The SMILES string of the molecule is COc1ccc(-c2n[nH]c(CNC(=O)C3CCCN3C(=O)OC(C)(C)C)n2)cc1. The second-order valence-corrected chi connectivity index (χ2v) is 7.88. The van der Waals surface area contributed by atoms with E-state index >= 15 is 0 Å². The fourth-order valence-corrected chi connectivity index (χ4v) is 3.11. The number of hydrogen-bond donors (Lipinski definition) is 2. The lowest BCUT2D eigenvalue weighted by atomic mass is 10.2. The molecule has 1 fully saturated rings. The summed E-state index contributed by atoms with van der Waals surface area (Å²) in [5, 5.41) is 9.85. The van der Waals surface area contributed by atoms with Crippen LogP contribution in [0.1, 0.15) is 39.4 Å². The van der Waals surface area contributed by atoms with E-state index in [1.807, 2.05) is 24.3 Å². The van der Waals surface area contributed by atoms with Crippen molar-refractivity contribution in [2.24, 2.45) is 0 Å². The van der Waals surface area contributed by atoms with Crippen molar-refractivity contribution < 1.29 is 19.1 Å². The summed E-state index contributed by atoms with van der Waals surface area (Å²) in [6, 6.07) is 6.86. The van der Waals surface area contributed by atoms with E-state index in [1.165, 1.54) is 4.90 Å². The number of ether oxygens (including phenoxy) is 2. The zero-order chi connectivity index (χ0) is 21.0. The Morgan fingerprint density at radius 1 is 1.28 bits per heavy atom. The molecule has 2 amide bonds. The molecule has 1 aliphatic rings. The molecule has 0 bridgehead atoms. The van der Waals surface area contributed by atoms with Crippen molar-refractivity contribution in [2.45, 2.75) is 51.8 Å². The number of nitrogens with one attached hydrogen (secondary N) is 2. The molecule has 0 aliphatic carbocycles. The minimum absolute atomic E-state index is 0.195. The van der Waals surface area contributed by atoms with Gasteiger partial charge in [-0.15, -0.1) is 0 Å². The molecular formula is C20H27N5O4. The third kappa shape index (κ3) is 5.24. The second kappa shape index (κ2) is 8.50. The van der Waals surface area contributed by atoms with E-state index in [0.29, 0.717) is 24.6 Å². The highest BCUT2D eigenvalue weighted by Gasteiger charge is 2.36. The predicted molar refractivity (Wildman–Crippen MR) is 106 cm³/mol. The molecule has 29 heavy (non-hydrogen) atoms. The normalized spacial score (nSPS) is 16.6. The van der Waals surface area contributed by atoms with Crippen LogP contribution < -0.4 is 10.1 Å². The van der Waals surface area contributed by atoms with Crippen molar-refractivity contribution in [3.8, 4) is 17.1 Å². The highest BCUT2D eigenvalue weighted by atomic mass is 16.6. The molecule has 9 heteroatoms. The predicted octanol–water partition coefficient (Wildman–Crippen LogP) is 2.50. The van der Waals surface area contributed by atoms with Gasteiger partial charge >= 0.3 is 6.09 Å². The number of likely N-dealkylation sites (tertiary alicyclic amines) is 1. The smallest absolute Gasteiger partial charge is 0.410 e. The highest BCUT2D eigenvalue weighted by Crippen LogP contribution is 2.21. The number of hydrogen-bond acceptors (Lipinski definition) is 6. The lowest BCUT2D eigenvalue weighted by molar-refractivity contribution is -0.125. The van der Waals surface area contributed by atoms with Crippen LogP contribution in [0.3, 0.4) is 0 Å². The van der Waals surface area contributed by atoms with E-state index in [9.17, 15) is 9.59 Å². The van der Waals surface area contributed by atoms with Crippen LogP contribution in [0.25, 0.3) is 11.4 Å². The Morgan fingerprint density at radius 2 is 2.00 bits per heavy atom. The molecule has 1 aliphatic heterocycles. The fourth-order valence-electron chi connectivity index (χ4n) is 3.11. The Kier molecular flexibility index (Phi) is 6.05. The van der Waals surface area contributed by atoms with Crippen LogP contribution in [0.2, 0.25) is 0 Å². The number of amides is 2. The van der Waals surface area contributed by atoms with Gasteiger partial charge in [-0.2, -0.15) is 5.10 Å². The second-order valence-electron chi connectivity index (χ2n) is 7.88. The fraction of sp³-hybridized carbons (Fsp3) is 0.500. The lowest BCUT2D eigenvalue weighted by Gasteiger charge is -2.27. The summed E-state index contributed by atoms with van der Waals surface area (Å²) in [5.74, 6) is 1.60. The first-order valence-electron chi connectivity index (χ1n) is 9.60. The number of aromatic nitrogens is 3. The standard InChI is InChI=1S/C20H27N5O4/c1-20(2,3)29-19(27)25-11-5-6-15(25)18(26)21-12-16-22-17(24-23-16)13-7-9-14(28-4)10-8-13/h7-10,15H,5-6,11-12H2,1-4H3,(H,21,26)(H,22,23,24). The van der Waals surface area contributed by atoms with Crippen LogP contribution in [0.4, 0.5) is 4.79 Å². The highest BCUT2D eigenvalue weighted by molar-refractivity contribution is 5.86. The van der Waals surface area contributed by atoms with Crippen molar-refractivity contribution in [1.29, 1.82) is 0 Å². The van der Waals surface area contributed by atoms with Crippen molar-refractivity contribution in [3.63, 3.8) is 0 Å². The summed E-state index contributed by atoms with van der Waals surface area (Å²) in [6.07, 6.45) is 0.913. The summed E-state index contributed by atoms with van der Waals surface area (Å²) >= 11 is 0. The van der Waals surface area contributed by atoms with Gasteiger partial charge in [0.1, 0.15) is 23.2 Å². The molecule has 1 unspecified atom stereocenters. The van der Waals surface area contributed by atoms with Crippen LogP contribution >= 0.6 is 0 Å². The average Bonchev–Trinajstić information content (AvgIpc) is 3.34. The maximum Gasteiger partial charge on any atom is 0.410 e. The first-order chi connectivity index (χ1) is 13.8. The van der Waals surface area contributed by atoms with Gasteiger partial charge in [-0.25, -0.2) is 9.78 Å². The van der Waals surface area contributed by atoms with Crippen molar-refractivity contribution in [1.82, 2.24) is 25.4 Å². The summed E-state index contributed by atoms with van der Waals surface area (Å²) < 4.78 is 10.5. The zero-order valence-corrected chi connectivity index (χ0v) is 17.2. The Bertz CT molecular complexity index is 857. The Morgan fingerprint density at radius 3 is 2.66 bits per heavy atom. The maximum atomic E-state index is 12.6. The van der Waals surface area contributed by atoms with Gasteiger partial charge in [-0.3, -0.25) is 14.8 Å². The quantitative estimate of drug-likeness (QED) is 0.797. The number of rotatable bonds is 5. The van der Waals surface area contributed by atoms with Crippen LogP contribution in [-0.2, 0) is 16.1 Å². The van der Waals surface area contributed by atoms with Gasteiger partial charge in [-0.1, -0.05) is 0 Å². The van der Waals surface area contributed by atoms with E-state index < -0.39 is 17.7 Å². The van der Waals surface area contributed by atoms with E-state index in [0.717, 1.165) is 17.7 Å². The van der Waals surface area contributed by atoms with Gasteiger partial charge in [0.25, 0.3) is 0 Å². The van der Waals surface area contributed by atoms with Gasteiger partial charge in [0.05, 0.1) is 13.7 Å². The topological polar surface area (TPSA) is 109 Å². The van der Waals surface area contributed by atoms with Crippen molar-refractivity contribution in [2.75, 3.05) is 13.7 Å². The van der Waals surface area contributed by atoms with E-state index in [-0.39, 0.29) is 12.5 Å². The van der Waals surface area contributed by atoms with Crippen molar-refractivity contribution in [3.05, 3.63) is 30.1 Å². The summed E-state index contributed by atoms with van der Waals surface area (Å²) in [6.45, 7) is 6.12. The zero-order valence-electron chi connectivity index (χ0n) is 17.2. The van der Waals surface area contributed by atoms with Crippen LogP contribution in [0.5, 0.6) is 5.75 Å². The molecule has 0 saturated carbocycles. The molecule has 3 rings (SSSR count).